The van der Waals surface area contributed by atoms with E-state index in [1.165, 1.54) is 0 Å². The average molecular weight is 308 g/mol. The van der Waals surface area contributed by atoms with Crippen molar-refractivity contribution in [1.29, 1.82) is 0 Å². The summed E-state index contributed by atoms with van der Waals surface area (Å²) in [6.07, 6.45) is 1.68. The van der Waals surface area contributed by atoms with Gasteiger partial charge in [-0.05, 0) is 6.92 Å². The molecule has 0 heterocycles. The highest BCUT2D eigenvalue weighted by atomic mass is 16.4. The number of nitrogens with zero attached hydrogens (tertiary/aromatic N) is 1. The Hall–Kier alpha value is -3.21. The highest BCUT2D eigenvalue weighted by Crippen LogP contribution is 2.11. The Balaban J connectivity index is 2.30. The molecule has 0 radical (unpaired) electrons. The van der Waals surface area contributed by atoms with Gasteiger partial charge in [0.1, 0.15) is 0 Å². The predicted octanol–water partition coefficient (Wildman–Crippen LogP) is 2.50. The van der Waals surface area contributed by atoms with Crippen LogP contribution in [0.15, 0.2) is 71.9 Å². The number of benzene rings is 2. The quantitative estimate of drug-likeness (QED) is 0.506. The van der Waals surface area contributed by atoms with E-state index in [-0.39, 0.29) is 0 Å². The van der Waals surface area contributed by atoms with Gasteiger partial charge in [0.25, 0.3) is 5.91 Å². The molecule has 0 aliphatic carbocycles. The monoisotopic (exact) mass is 308 g/mol. The molecule has 116 valence electrons. The SMILES string of the molecule is Cc1ccc(/C(=N/NC(=O)/C=C\C(=O)O)c2ccccc2)cc1. The summed E-state index contributed by atoms with van der Waals surface area (Å²) in [5.41, 5.74) is 5.77. The first-order valence-electron chi connectivity index (χ1n) is 6.97. The van der Waals surface area contributed by atoms with Crippen molar-refractivity contribution in [3.63, 3.8) is 0 Å². The van der Waals surface area contributed by atoms with Gasteiger partial charge in [0.2, 0.25) is 0 Å². The van der Waals surface area contributed by atoms with Crippen molar-refractivity contribution in [2.75, 3.05) is 0 Å². The second-order valence-electron chi connectivity index (χ2n) is 4.84. The Labute approximate surface area is 134 Å². The zero-order chi connectivity index (χ0) is 16.7. The first kappa shape index (κ1) is 16.2. The molecule has 0 unspecified atom stereocenters. The van der Waals surface area contributed by atoms with Gasteiger partial charge in [-0.2, -0.15) is 5.10 Å². The molecular formula is C18H16N2O3. The number of aliphatic carboxylic acids is 1. The Morgan fingerprint density at radius 2 is 1.57 bits per heavy atom. The smallest absolute Gasteiger partial charge is 0.328 e. The van der Waals surface area contributed by atoms with E-state index in [9.17, 15) is 9.59 Å². The van der Waals surface area contributed by atoms with Gasteiger partial charge in [0.15, 0.2) is 0 Å². The lowest BCUT2D eigenvalue weighted by molar-refractivity contribution is -0.131. The molecule has 0 spiro atoms. The lowest BCUT2D eigenvalue weighted by atomic mass is 10.0. The van der Waals surface area contributed by atoms with Crippen LogP contribution in [-0.4, -0.2) is 22.7 Å². The molecule has 2 N–H and O–H groups in total. The summed E-state index contributed by atoms with van der Waals surface area (Å²) in [6.45, 7) is 1.99. The van der Waals surface area contributed by atoms with Gasteiger partial charge in [-0.25, -0.2) is 10.2 Å². The van der Waals surface area contributed by atoms with Crippen LogP contribution in [0.5, 0.6) is 0 Å². The lowest BCUT2D eigenvalue weighted by Gasteiger charge is -2.07. The molecule has 2 aromatic carbocycles. The number of hydrogen-bond acceptors (Lipinski definition) is 3. The van der Waals surface area contributed by atoms with Crippen LogP contribution >= 0.6 is 0 Å². The van der Waals surface area contributed by atoms with Crippen molar-refractivity contribution in [3.05, 3.63) is 83.4 Å². The van der Waals surface area contributed by atoms with Gasteiger partial charge in [0.05, 0.1) is 5.71 Å². The Bertz CT molecular complexity index is 748. The summed E-state index contributed by atoms with van der Waals surface area (Å²) in [7, 11) is 0. The highest BCUT2D eigenvalue weighted by molar-refractivity contribution is 6.13. The number of carboxylic acid groups (broad SMARTS) is 1. The van der Waals surface area contributed by atoms with Crippen molar-refractivity contribution in [3.8, 4) is 0 Å². The second kappa shape index (κ2) is 7.70. The third-order valence-electron chi connectivity index (χ3n) is 3.03. The largest absolute Gasteiger partial charge is 0.478 e. The summed E-state index contributed by atoms with van der Waals surface area (Å²) in [5, 5.41) is 12.7. The minimum Gasteiger partial charge on any atom is -0.478 e. The molecule has 23 heavy (non-hydrogen) atoms. The zero-order valence-electron chi connectivity index (χ0n) is 12.6. The van der Waals surface area contributed by atoms with Crippen LogP contribution in [0.25, 0.3) is 0 Å². The van der Waals surface area contributed by atoms with Crippen LogP contribution in [0.4, 0.5) is 0 Å². The van der Waals surface area contributed by atoms with Crippen molar-refractivity contribution in [2.45, 2.75) is 6.92 Å². The van der Waals surface area contributed by atoms with E-state index in [2.05, 4.69) is 10.5 Å². The van der Waals surface area contributed by atoms with Crippen LogP contribution in [0, 0.1) is 6.92 Å². The zero-order valence-corrected chi connectivity index (χ0v) is 12.6. The predicted molar refractivity (Wildman–Crippen MR) is 88.2 cm³/mol. The van der Waals surface area contributed by atoms with E-state index in [4.69, 9.17) is 5.11 Å². The summed E-state index contributed by atoms with van der Waals surface area (Å²) in [5.74, 6) is -1.79. The maximum absolute atomic E-state index is 11.6. The van der Waals surface area contributed by atoms with Gasteiger partial charge in [-0.1, -0.05) is 60.2 Å². The van der Waals surface area contributed by atoms with Gasteiger partial charge < -0.3 is 5.11 Å². The number of aryl methyl sites for hydroxylation is 1. The molecule has 1 amide bonds. The topological polar surface area (TPSA) is 78.8 Å². The molecule has 0 saturated carbocycles. The first-order valence-corrected chi connectivity index (χ1v) is 6.97. The number of nitrogens with one attached hydrogen (secondary N) is 1. The van der Waals surface area contributed by atoms with Crippen LogP contribution in [-0.2, 0) is 9.59 Å². The molecule has 0 aliphatic rings. The summed E-state index contributed by atoms with van der Waals surface area (Å²) in [4.78, 5) is 22.0. The molecule has 0 aliphatic heterocycles. The lowest BCUT2D eigenvalue weighted by Crippen LogP contribution is -2.18. The summed E-state index contributed by atoms with van der Waals surface area (Å²) >= 11 is 0. The Morgan fingerprint density at radius 1 is 0.957 bits per heavy atom. The van der Waals surface area contributed by atoms with Gasteiger partial charge in [0, 0.05) is 23.3 Å². The van der Waals surface area contributed by atoms with Crippen molar-refractivity contribution in [1.82, 2.24) is 5.43 Å². The molecule has 0 bridgehead atoms. The van der Waals surface area contributed by atoms with Crippen LogP contribution in [0.2, 0.25) is 0 Å². The van der Waals surface area contributed by atoms with Crippen molar-refractivity contribution < 1.29 is 14.7 Å². The fraction of sp³-hybridized carbons (Fsp3) is 0.0556. The van der Waals surface area contributed by atoms with E-state index < -0.39 is 11.9 Å². The normalized spacial score (nSPS) is 11.4. The molecule has 5 nitrogen and oxygen atoms in total. The number of carboxylic acids is 1. The number of hydrazone groups is 1. The number of rotatable bonds is 5. The fourth-order valence-electron chi connectivity index (χ4n) is 1.90. The fourth-order valence-corrected chi connectivity index (χ4v) is 1.90. The third-order valence-corrected chi connectivity index (χ3v) is 3.03. The van der Waals surface area contributed by atoms with E-state index in [1.54, 1.807) is 0 Å². The maximum atomic E-state index is 11.6. The molecule has 0 aromatic heterocycles. The van der Waals surface area contributed by atoms with Gasteiger partial charge >= 0.3 is 5.97 Å². The first-order chi connectivity index (χ1) is 11.1. The summed E-state index contributed by atoms with van der Waals surface area (Å²) < 4.78 is 0. The second-order valence-corrected chi connectivity index (χ2v) is 4.84. The molecule has 5 heteroatoms. The van der Waals surface area contributed by atoms with Gasteiger partial charge in [-0.3, -0.25) is 4.79 Å². The molecule has 2 aromatic rings. The highest BCUT2D eigenvalue weighted by Gasteiger charge is 2.07. The van der Waals surface area contributed by atoms with Crippen molar-refractivity contribution in [2.24, 2.45) is 5.10 Å². The molecule has 0 saturated heterocycles. The van der Waals surface area contributed by atoms with Crippen molar-refractivity contribution >= 4 is 17.6 Å². The molecular weight excluding hydrogens is 292 g/mol. The Morgan fingerprint density at radius 3 is 2.17 bits per heavy atom. The van der Waals surface area contributed by atoms with Gasteiger partial charge in [-0.15, -0.1) is 0 Å². The van der Waals surface area contributed by atoms with E-state index >= 15 is 0 Å². The minimum atomic E-state index is -1.19. The maximum Gasteiger partial charge on any atom is 0.328 e. The van der Waals surface area contributed by atoms with E-state index in [0.29, 0.717) is 5.71 Å². The van der Waals surface area contributed by atoms with Crippen LogP contribution < -0.4 is 5.43 Å². The molecule has 0 fully saturated rings. The Kier molecular flexibility index (Phi) is 5.41. The average Bonchev–Trinajstić information content (AvgIpc) is 2.55. The number of carbonyl (C=O) groups is 2. The number of amides is 1. The minimum absolute atomic E-state index is 0.600. The van der Waals surface area contributed by atoms with Crippen LogP contribution in [0.1, 0.15) is 16.7 Å². The summed E-state index contributed by atoms with van der Waals surface area (Å²) in [6, 6.07) is 17.2. The number of carbonyl (C=O) groups excluding carboxylic acids is 1. The molecule has 2 rings (SSSR count). The van der Waals surface area contributed by atoms with E-state index in [0.717, 1.165) is 28.8 Å². The third kappa shape index (κ3) is 4.93. The number of hydrogen-bond donors (Lipinski definition) is 2. The van der Waals surface area contributed by atoms with E-state index in [1.807, 2.05) is 61.5 Å². The standard InChI is InChI=1S/C18H16N2O3/c1-13-7-9-15(10-8-13)18(14-5-3-2-4-6-14)20-19-16(21)11-12-17(22)23/h2-12H,1H3,(H,19,21)(H,22,23)/b12-11-,20-18+. The van der Waals surface area contributed by atoms with Crippen LogP contribution in [0.3, 0.4) is 0 Å². The molecule has 0 atom stereocenters.